The van der Waals surface area contributed by atoms with Crippen molar-refractivity contribution in [2.75, 3.05) is 6.61 Å². The molecule has 0 aliphatic carbocycles. The molecule has 0 spiro atoms. The minimum absolute atomic E-state index is 0.180. The summed E-state index contributed by atoms with van der Waals surface area (Å²) in [5, 5.41) is 3.06. The lowest BCUT2D eigenvalue weighted by Gasteiger charge is -2.20. The van der Waals surface area contributed by atoms with E-state index in [1.54, 1.807) is 17.5 Å². The first-order chi connectivity index (χ1) is 8.83. The predicted octanol–water partition coefficient (Wildman–Crippen LogP) is 4.21. The van der Waals surface area contributed by atoms with Crippen LogP contribution in [-0.2, 0) is 4.74 Å². The average Bonchev–Trinajstić information content (AvgIpc) is 2.90. The summed E-state index contributed by atoms with van der Waals surface area (Å²) in [7, 11) is 0. The molecule has 1 unspecified atom stereocenters. The first kappa shape index (κ1) is 12.3. The number of thiazole rings is 1. The van der Waals surface area contributed by atoms with Crippen molar-refractivity contribution < 1.29 is 4.74 Å². The zero-order valence-electron chi connectivity index (χ0n) is 9.80. The normalized spacial score (nSPS) is 19.9. The van der Waals surface area contributed by atoms with Crippen LogP contribution >= 0.6 is 27.3 Å². The molecule has 1 aliphatic rings. The molecule has 18 heavy (non-hydrogen) atoms. The quantitative estimate of drug-likeness (QED) is 0.830. The van der Waals surface area contributed by atoms with Crippen molar-refractivity contribution >= 4 is 27.3 Å². The number of hydrogen-bond donors (Lipinski definition) is 0. The molecule has 94 valence electrons. The van der Waals surface area contributed by atoms with Gasteiger partial charge in [-0.1, -0.05) is 0 Å². The number of rotatable bonds is 2. The third-order valence-electron chi connectivity index (χ3n) is 2.98. The molecule has 1 aliphatic heterocycles. The van der Waals surface area contributed by atoms with E-state index in [9.17, 15) is 0 Å². The summed E-state index contributed by atoms with van der Waals surface area (Å²) in [5.74, 6) is 0. The molecule has 3 heterocycles. The van der Waals surface area contributed by atoms with Crippen LogP contribution in [0.4, 0.5) is 0 Å². The van der Waals surface area contributed by atoms with Gasteiger partial charge in [0.15, 0.2) is 0 Å². The summed E-state index contributed by atoms with van der Waals surface area (Å²) in [4.78, 5) is 9.02. The molecule has 0 amide bonds. The summed E-state index contributed by atoms with van der Waals surface area (Å²) in [6.45, 7) is 0.855. The molecule has 2 aromatic heterocycles. The second-order valence-corrected chi connectivity index (χ2v) is 6.07. The van der Waals surface area contributed by atoms with Crippen LogP contribution < -0.4 is 0 Å². The third kappa shape index (κ3) is 2.63. The largest absolute Gasteiger partial charge is 0.372 e. The van der Waals surface area contributed by atoms with Gasteiger partial charge in [-0.15, -0.1) is 11.3 Å². The number of halogens is 1. The van der Waals surface area contributed by atoms with Crippen LogP contribution in [0.3, 0.4) is 0 Å². The molecule has 0 aromatic carbocycles. The third-order valence-corrected chi connectivity index (χ3v) is 4.33. The lowest BCUT2D eigenvalue weighted by atomic mass is 10.1. The van der Waals surface area contributed by atoms with E-state index in [1.165, 1.54) is 12.8 Å². The highest BCUT2D eigenvalue weighted by Gasteiger charge is 2.19. The van der Waals surface area contributed by atoms with Crippen LogP contribution in [0.5, 0.6) is 0 Å². The molecule has 5 heteroatoms. The molecule has 0 saturated carbocycles. The summed E-state index contributed by atoms with van der Waals surface area (Å²) in [5.41, 5.74) is 1.98. The number of nitrogens with zero attached hydrogens (tertiary/aromatic N) is 2. The molecule has 1 fully saturated rings. The molecule has 3 rings (SSSR count). The number of hydrogen-bond acceptors (Lipinski definition) is 4. The van der Waals surface area contributed by atoms with Crippen LogP contribution in [0.15, 0.2) is 28.2 Å². The predicted molar refractivity (Wildman–Crippen MR) is 75.6 cm³/mol. The van der Waals surface area contributed by atoms with Crippen LogP contribution in [-0.4, -0.2) is 16.6 Å². The van der Waals surface area contributed by atoms with Gasteiger partial charge in [0.1, 0.15) is 11.1 Å². The first-order valence-electron chi connectivity index (χ1n) is 6.02. The summed E-state index contributed by atoms with van der Waals surface area (Å²) in [6, 6.07) is 3.97. The molecule has 3 nitrogen and oxygen atoms in total. The van der Waals surface area contributed by atoms with Gasteiger partial charge in [-0.25, -0.2) is 4.98 Å². The highest BCUT2D eigenvalue weighted by molar-refractivity contribution is 9.10. The zero-order chi connectivity index (χ0) is 12.4. The van der Waals surface area contributed by atoms with E-state index in [0.29, 0.717) is 0 Å². The fraction of sp³-hybridized carbons (Fsp3) is 0.385. The van der Waals surface area contributed by atoms with Gasteiger partial charge in [0.25, 0.3) is 0 Å². The van der Waals surface area contributed by atoms with E-state index in [4.69, 9.17) is 4.74 Å². The van der Waals surface area contributed by atoms with Gasteiger partial charge in [-0.3, -0.25) is 4.98 Å². The maximum absolute atomic E-state index is 5.75. The Hall–Kier alpha value is -0.780. The number of ether oxygens (including phenoxy) is 1. The maximum atomic E-state index is 5.75. The lowest BCUT2D eigenvalue weighted by Crippen LogP contribution is -2.11. The van der Waals surface area contributed by atoms with Crippen molar-refractivity contribution in [2.45, 2.75) is 25.4 Å². The summed E-state index contributed by atoms with van der Waals surface area (Å²) >= 11 is 5.02. The zero-order valence-corrected chi connectivity index (χ0v) is 12.2. The van der Waals surface area contributed by atoms with E-state index in [1.807, 2.05) is 12.1 Å². The van der Waals surface area contributed by atoms with Crippen molar-refractivity contribution in [3.8, 4) is 10.7 Å². The Bertz CT molecular complexity index is 520. The lowest BCUT2D eigenvalue weighted by molar-refractivity contribution is 0.0127. The molecule has 0 radical (unpaired) electrons. The SMILES string of the molecule is Brc1ccc(-c2nc(C3CCCCO3)cs2)nc1. The molecular formula is C13H13BrN2OS. The van der Waals surface area contributed by atoms with Crippen molar-refractivity contribution in [3.05, 3.63) is 33.9 Å². The summed E-state index contributed by atoms with van der Waals surface area (Å²) in [6.07, 6.45) is 5.46. The molecule has 2 aromatic rings. The van der Waals surface area contributed by atoms with E-state index >= 15 is 0 Å². The minimum atomic E-state index is 0.180. The van der Waals surface area contributed by atoms with Gasteiger partial charge in [-0.2, -0.15) is 0 Å². The highest BCUT2D eigenvalue weighted by atomic mass is 79.9. The molecule has 1 saturated heterocycles. The van der Waals surface area contributed by atoms with Gasteiger partial charge in [0, 0.05) is 22.7 Å². The monoisotopic (exact) mass is 324 g/mol. The van der Waals surface area contributed by atoms with Crippen LogP contribution in [0.25, 0.3) is 10.7 Å². The van der Waals surface area contributed by atoms with Gasteiger partial charge >= 0.3 is 0 Å². The van der Waals surface area contributed by atoms with E-state index in [0.717, 1.165) is 33.9 Å². The average molecular weight is 325 g/mol. The van der Waals surface area contributed by atoms with Gasteiger partial charge < -0.3 is 4.74 Å². The molecule has 0 bridgehead atoms. The topological polar surface area (TPSA) is 35.0 Å². The Labute approximate surface area is 118 Å². The Balaban J connectivity index is 1.82. The number of aromatic nitrogens is 2. The first-order valence-corrected chi connectivity index (χ1v) is 7.69. The van der Waals surface area contributed by atoms with E-state index < -0.39 is 0 Å². The Morgan fingerprint density at radius 2 is 2.28 bits per heavy atom. The smallest absolute Gasteiger partial charge is 0.142 e. The van der Waals surface area contributed by atoms with E-state index in [2.05, 4.69) is 31.3 Å². The van der Waals surface area contributed by atoms with E-state index in [-0.39, 0.29) is 6.10 Å². The fourth-order valence-electron chi connectivity index (χ4n) is 2.03. The van der Waals surface area contributed by atoms with Crippen LogP contribution in [0.1, 0.15) is 31.1 Å². The second-order valence-electron chi connectivity index (χ2n) is 4.29. The maximum Gasteiger partial charge on any atom is 0.142 e. The van der Waals surface area contributed by atoms with Gasteiger partial charge in [0.2, 0.25) is 0 Å². The Morgan fingerprint density at radius 3 is 3.00 bits per heavy atom. The number of pyridine rings is 1. The van der Waals surface area contributed by atoms with Gasteiger partial charge in [-0.05, 0) is 47.3 Å². The van der Waals surface area contributed by atoms with Crippen molar-refractivity contribution in [1.29, 1.82) is 0 Å². The molecule has 0 N–H and O–H groups in total. The van der Waals surface area contributed by atoms with Gasteiger partial charge in [0.05, 0.1) is 11.4 Å². The summed E-state index contributed by atoms with van der Waals surface area (Å²) < 4.78 is 6.73. The standard InChI is InChI=1S/C13H13BrN2OS/c14-9-4-5-10(15-7-9)13-16-11(8-18-13)12-3-1-2-6-17-12/h4-5,7-8,12H,1-3,6H2. The Kier molecular flexibility index (Phi) is 3.72. The highest BCUT2D eigenvalue weighted by Crippen LogP contribution is 2.31. The van der Waals surface area contributed by atoms with Crippen LogP contribution in [0, 0.1) is 0 Å². The molecule has 1 atom stereocenters. The van der Waals surface area contributed by atoms with Crippen LogP contribution in [0.2, 0.25) is 0 Å². The molecular weight excluding hydrogens is 312 g/mol. The van der Waals surface area contributed by atoms with Crippen molar-refractivity contribution in [3.63, 3.8) is 0 Å². The van der Waals surface area contributed by atoms with Crippen molar-refractivity contribution in [2.24, 2.45) is 0 Å². The minimum Gasteiger partial charge on any atom is -0.372 e. The Morgan fingerprint density at radius 1 is 1.33 bits per heavy atom. The van der Waals surface area contributed by atoms with Crippen molar-refractivity contribution in [1.82, 2.24) is 9.97 Å². The second kappa shape index (κ2) is 5.47. The fourth-order valence-corrected chi connectivity index (χ4v) is 3.10.